The predicted molar refractivity (Wildman–Crippen MR) is 123 cm³/mol. The van der Waals surface area contributed by atoms with E-state index in [4.69, 9.17) is 16.3 Å². The number of thiophene rings is 1. The molecule has 0 aliphatic heterocycles. The second-order valence-electron chi connectivity index (χ2n) is 7.28. The van der Waals surface area contributed by atoms with E-state index < -0.39 is 21.6 Å². The molecule has 2 heterocycles. The summed E-state index contributed by atoms with van der Waals surface area (Å²) in [5, 5.41) is 4.46. The molecule has 32 heavy (non-hydrogen) atoms. The Morgan fingerprint density at radius 1 is 1.16 bits per heavy atom. The molecule has 2 aromatic heterocycles. The number of carbonyl (C=O) groups is 1. The summed E-state index contributed by atoms with van der Waals surface area (Å²) in [6.07, 6.45) is 0.269. The van der Waals surface area contributed by atoms with Gasteiger partial charge in [0.1, 0.15) is 12.4 Å². The van der Waals surface area contributed by atoms with E-state index in [9.17, 15) is 17.6 Å². The van der Waals surface area contributed by atoms with Crippen LogP contribution in [0.3, 0.4) is 0 Å². The molecule has 0 atom stereocenters. The average molecular weight is 492 g/mol. The summed E-state index contributed by atoms with van der Waals surface area (Å²) in [5.74, 6) is -0.837. The van der Waals surface area contributed by atoms with E-state index in [0.717, 1.165) is 11.3 Å². The highest BCUT2D eigenvalue weighted by Gasteiger charge is 2.24. The maximum atomic E-state index is 14.1. The lowest BCUT2D eigenvalue weighted by molar-refractivity contribution is -0.141. The summed E-state index contributed by atoms with van der Waals surface area (Å²) in [4.78, 5) is 12.3. The van der Waals surface area contributed by atoms with Crippen molar-refractivity contribution in [3.05, 3.63) is 80.9 Å². The highest BCUT2D eigenvalue weighted by atomic mass is 35.5. The van der Waals surface area contributed by atoms with Crippen LogP contribution in [-0.2, 0) is 32.3 Å². The molecular formula is C23H19ClFNO4S2. The summed E-state index contributed by atoms with van der Waals surface area (Å²) >= 11 is 7.19. The molecule has 2 aromatic carbocycles. The number of halogens is 2. The van der Waals surface area contributed by atoms with E-state index in [1.165, 1.54) is 54.8 Å². The number of fused-ring (bicyclic) bond motifs is 1. The van der Waals surface area contributed by atoms with E-state index >= 15 is 0 Å². The predicted octanol–water partition coefficient (Wildman–Crippen LogP) is 5.40. The molecule has 0 aliphatic rings. The number of rotatable bonds is 6. The Kier molecular flexibility index (Phi) is 6.11. The molecule has 0 N–H and O–H groups in total. The number of methoxy groups -OCH3 is 1. The number of benzene rings is 2. The first-order valence-electron chi connectivity index (χ1n) is 9.62. The number of sulfone groups is 1. The van der Waals surface area contributed by atoms with Crippen LogP contribution in [0, 0.1) is 12.7 Å². The van der Waals surface area contributed by atoms with Gasteiger partial charge in [-0.1, -0.05) is 11.6 Å². The highest BCUT2D eigenvalue weighted by molar-refractivity contribution is 7.91. The van der Waals surface area contributed by atoms with Crippen LogP contribution in [0.1, 0.15) is 16.8 Å². The van der Waals surface area contributed by atoms with Crippen molar-refractivity contribution in [3.8, 4) is 0 Å². The largest absolute Gasteiger partial charge is 0.468 e. The number of nitrogens with zero attached hydrogens (tertiary/aromatic N) is 1. The van der Waals surface area contributed by atoms with Crippen LogP contribution in [-0.4, -0.2) is 26.1 Å². The van der Waals surface area contributed by atoms with Crippen molar-refractivity contribution in [3.63, 3.8) is 0 Å². The second kappa shape index (κ2) is 8.69. The van der Waals surface area contributed by atoms with Gasteiger partial charge in [0.25, 0.3) is 0 Å². The van der Waals surface area contributed by atoms with Crippen molar-refractivity contribution in [2.75, 3.05) is 7.11 Å². The third-order valence-corrected chi connectivity index (χ3v) is 8.46. The van der Waals surface area contributed by atoms with Gasteiger partial charge in [-0.05, 0) is 65.9 Å². The van der Waals surface area contributed by atoms with Gasteiger partial charge in [0.2, 0.25) is 9.84 Å². The monoisotopic (exact) mass is 491 g/mol. The molecule has 0 amide bonds. The van der Waals surface area contributed by atoms with Gasteiger partial charge in [0.05, 0.1) is 16.9 Å². The maximum Gasteiger partial charge on any atom is 0.325 e. The molecule has 5 nitrogen and oxygen atoms in total. The lowest BCUT2D eigenvalue weighted by atomic mass is 10.0. The first-order valence-corrected chi connectivity index (χ1v) is 12.4. The summed E-state index contributed by atoms with van der Waals surface area (Å²) in [5.41, 5.74) is 2.79. The van der Waals surface area contributed by atoms with Crippen LogP contribution in [0.4, 0.5) is 4.39 Å². The zero-order valence-electron chi connectivity index (χ0n) is 17.3. The van der Waals surface area contributed by atoms with Crippen LogP contribution in [0.5, 0.6) is 0 Å². The SMILES string of the molecule is COC(=O)Cn1c(C)c(Cc2cscc2S(=O)(=O)c2ccc(Cl)cc2)c2cc(F)ccc21. The lowest BCUT2D eigenvalue weighted by Gasteiger charge is -2.09. The summed E-state index contributed by atoms with van der Waals surface area (Å²) in [7, 11) is -2.45. The number of hydrogen-bond donors (Lipinski definition) is 0. The van der Waals surface area contributed by atoms with Crippen LogP contribution in [0.15, 0.2) is 63.0 Å². The number of esters is 1. The Bertz CT molecular complexity index is 1420. The summed E-state index contributed by atoms with van der Waals surface area (Å²) in [6.45, 7) is 1.81. The Hall–Kier alpha value is -2.68. The Morgan fingerprint density at radius 3 is 2.56 bits per heavy atom. The second-order valence-corrected chi connectivity index (χ2v) is 10.4. The van der Waals surface area contributed by atoms with Crippen LogP contribution < -0.4 is 0 Å². The van der Waals surface area contributed by atoms with Crippen LogP contribution >= 0.6 is 22.9 Å². The molecule has 166 valence electrons. The normalized spacial score (nSPS) is 11.8. The zero-order valence-corrected chi connectivity index (χ0v) is 19.7. The van der Waals surface area contributed by atoms with Crippen molar-refractivity contribution in [2.45, 2.75) is 29.7 Å². The van der Waals surface area contributed by atoms with Crippen molar-refractivity contribution < 1.29 is 22.3 Å². The van der Waals surface area contributed by atoms with Crippen LogP contribution in [0.2, 0.25) is 5.02 Å². The third-order valence-electron chi connectivity index (χ3n) is 5.41. The van der Waals surface area contributed by atoms with Gasteiger partial charge < -0.3 is 9.30 Å². The topological polar surface area (TPSA) is 65.4 Å². The molecule has 0 bridgehead atoms. The van der Waals surface area contributed by atoms with Gasteiger partial charge in [-0.2, -0.15) is 11.3 Å². The van der Waals surface area contributed by atoms with E-state index in [-0.39, 0.29) is 22.8 Å². The summed E-state index contributed by atoms with van der Waals surface area (Å²) in [6, 6.07) is 10.4. The Balaban J connectivity index is 1.81. The van der Waals surface area contributed by atoms with E-state index in [1.54, 1.807) is 21.4 Å². The zero-order chi connectivity index (χ0) is 23.0. The van der Waals surface area contributed by atoms with Crippen molar-refractivity contribution in [2.24, 2.45) is 0 Å². The van der Waals surface area contributed by atoms with Gasteiger partial charge in [0.15, 0.2) is 0 Å². The van der Waals surface area contributed by atoms with Gasteiger partial charge in [0, 0.05) is 33.4 Å². The molecule has 0 aliphatic carbocycles. The minimum atomic E-state index is -3.76. The summed E-state index contributed by atoms with van der Waals surface area (Å²) < 4.78 is 47.1. The van der Waals surface area contributed by atoms with Gasteiger partial charge in [-0.15, -0.1) is 0 Å². The minimum absolute atomic E-state index is 0.0238. The molecule has 0 saturated carbocycles. The average Bonchev–Trinajstić information content (AvgIpc) is 3.33. The number of aromatic nitrogens is 1. The minimum Gasteiger partial charge on any atom is -0.468 e. The van der Waals surface area contributed by atoms with E-state index in [0.29, 0.717) is 21.5 Å². The fraction of sp³-hybridized carbons (Fsp3) is 0.174. The van der Waals surface area contributed by atoms with Gasteiger partial charge >= 0.3 is 5.97 Å². The number of carbonyl (C=O) groups excluding carboxylic acids is 1. The van der Waals surface area contributed by atoms with E-state index in [1.807, 2.05) is 6.92 Å². The Morgan fingerprint density at radius 2 is 1.88 bits per heavy atom. The standard InChI is InChI=1S/C23H19ClFNO4S2/c1-14-19(20-10-17(25)5-8-21(20)26(14)11-23(27)30-2)9-15-12-31-13-22(15)32(28,29)18-6-3-16(24)4-7-18/h3-8,10,12-13H,9,11H2,1-2H3. The van der Waals surface area contributed by atoms with Crippen LogP contribution in [0.25, 0.3) is 10.9 Å². The highest BCUT2D eigenvalue weighted by Crippen LogP contribution is 2.34. The molecule has 4 rings (SSSR count). The number of hydrogen-bond acceptors (Lipinski definition) is 5. The molecule has 0 unspecified atom stereocenters. The van der Waals surface area contributed by atoms with Crippen molar-refractivity contribution >= 4 is 49.6 Å². The smallest absolute Gasteiger partial charge is 0.325 e. The van der Waals surface area contributed by atoms with Crippen molar-refractivity contribution in [1.82, 2.24) is 4.57 Å². The quantitative estimate of drug-likeness (QED) is 0.339. The molecule has 9 heteroatoms. The first kappa shape index (κ1) is 22.5. The van der Waals surface area contributed by atoms with E-state index in [2.05, 4.69) is 0 Å². The molecular weight excluding hydrogens is 473 g/mol. The van der Waals surface area contributed by atoms with Gasteiger partial charge in [-0.3, -0.25) is 4.79 Å². The first-order chi connectivity index (χ1) is 15.2. The molecule has 0 radical (unpaired) electrons. The molecule has 0 saturated heterocycles. The molecule has 0 fully saturated rings. The number of ether oxygens (including phenoxy) is 1. The fourth-order valence-electron chi connectivity index (χ4n) is 3.75. The maximum absolute atomic E-state index is 14.1. The Labute approximate surface area is 193 Å². The molecule has 4 aromatic rings. The third kappa shape index (κ3) is 4.05. The molecule has 0 spiro atoms. The fourth-order valence-corrected chi connectivity index (χ4v) is 6.57. The lowest BCUT2D eigenvalue weighted by Crippen LogP contribution is -2.12. The van der Waals surface area contributed by atoms with Gasteiger partial charge in [-0.25, -0.2) is 12.8 Å². The van der Waals surface area contributed by atoms with Crippen molar-refractivity contribution in [1.29, 1.82) is 0 Å².